The molecule has 0 heterocycles. The van der Waals surface area contributed by atoms with Crippen molar-refractivity contribution < 1.29 is 4.79 Å². The largest absolute Gasteiger partial charge is 0.341 e. The Hall–Kier alpha value is -0.770. The second-order valence-electron chi connectivity index (χ2n) is 4.21. The standard InChI is InChI=1S/C13H18Cl2N2O/c1-16-7-3-4-13(18)17(2)9-10-5-6-11(14)12(15)8-10/h5-6,8,16H,3-4,7,9H2,1-2H3. The normalized spacial score (nSPS) is 10.4. The summed E-state index contributed by atoms with van der Waals surface area (Å²) in [6.07, 6.45) is 1.40. The van der Waals surface area contributed by atoms with E-state index in [2.05, 4.69) is 5.32 Å². The summed E-state index contributed by atoms with van der Waals surface area (Å²) in [7, 11) is 3.67. The molecule has 0 aliphatic rings. The Labute approximate surface area is 118 Å². The molecule has 0 bridgehead atoms. The molecular formula is C13H18Cl2N2O. The van der Waals surface area contributed by atoms with Gasteiger partial charge < -0.3 is 10.2 Å². The second kappa shape index (κ2) is 7.62. The van der Waals surface area contributed by atoms with Gasteiger partial charge in [-0.25, -0.2) is 0 Å². The smallest absolute Gasteiger partial charge is 0.222 e. The number of benzene rings is 1. The van der Waals surface area contributed by atoms with Crippen LogP contribution in [0.15, 0.2) is 18.2 Å². The van der Waals surface area contributed by atoms with E-state index in [1.165, 1.54) is 0 Å². The monoisotopic (exact) mass is 288 g/mol. The van der Waals surface area contributed by atoms with Crippen molar-refractivity contribution in [3.05, 3.63) is 33.8 Å². The minimum Gasteiger partial charge on any atom is -0.341 e. The van der Waals surface area contributed by atoms with E-state index in [-0.39, 0.29) is 5.91 Å². The second-order valence-corrected chi connectivity index (χ2v) is 5.02. The molecule has 1 amide bonds. The predicted octanol–water partition coefficient (Wildman–Crippen LogP) is 2.95. The molecule has 1 rings (SSSR count). The molecule has 1 N–H and O–H groups in total. The van der Waals surface area contributed by atoms with Gasteiger partial charge in [0.2, 0.25) is 5.91 Å². The van der Waals surface area contributed by atoms with Gasteiger partial charge in [0.15, 0.2) is 0 Å². The summed E-state index contributed by atoms with van der Waals surface area (Å²) in [5.41, 5.74) is 0.980. The topological polar surface area (TPSA) is 32.3 Å². The van der Waals surface area contributed by atoms with Gasteiger partial charge in [-0.15, -0.1) is 0 Å². The molecule has 0 saturated carbocycles. The lowest BCUT2D eigenvalue weighted by Gasteiger charge is -2.17. The van der Waals surface area contributed by atoms with Crippen LogP contribution in [-0.4, -0.2) is 31.4 Å². The van der Waals surface area contributed by atoms with E-state index in [1.807, 2.05) is 13.1 Å². The third-order valence-electron chi connectivity index (χ3n) is 2.65. The number of rotatable bonds is 6. The lowest BCUT2D eigenvalue weighted by molar-refractivity contribution is -0.130. The van der Waals surface area contributed by atoms with E-state index < -0.39 is 0 Å². The Balaban J connectivity index is 2.50. The van der Waals surface area contributed by atoms with Gasteiger partial charge in [0.25, 0.3) is 0 Å². The molecule has 0 aromatic heterocycles. The first kappa shape index (κ1) is 15.3. The van der Waals surface area contributed by atoms with E-state index in [0.29, 0.717) is 23.0 Å². The zero-order valence-electron chi connectivity index (χ0n) is 10.7. The summed E-state index contributed by atoms with van der Waals surface area (Å²) in [5.74, 6) is 0.135. The molecule has 0 radical (unpaired) electrons. The fourth-order valence-electron chi connectivity index (χ4n) is 1.61. The van der Waals surface area contributed by atoms with Gasteiger partial charge in [0.1, 0.15) is 0 Å². The Morgan fingerprint density at radius 3 is 2.67 bits per heavy atom. The van der Waals surface area contributed by atoms with Gasteiger partial charge in [0, 0.05) is 20.0 Å². The van der Waals surface area contributed by atoms with Crippen LogP contribution in [0.5, 0.6) is 0 Å². The Kier molecular flexibility index (Phi) is 6.47. The lowest BCUT2D eigenvalue weighted by atomic mass is 10.2. The fourth-order valence-corrected chi connectivity index (χ4v) is 1.93. The molecule has 0 aliphatic carbocycles. The summed E-state index contributed by atoms with van der Waals surface area (Å²) < 4.78 is 0. The summed E-state index contributed by atoms with van der Waals surface area (Å²) in [6.45, 7) is 1.40. The zero-order chi connectivity index (χ0) is 13.5. The van der Waals surface area contributed by atoms with Crippen LogP contribution in [0.2, 0.25) is 10.0 Å². The Morgan fingerprint density at radius 1 is 1.33 bits per heavy atom. The quantitative estimate of drug-likeness (QED) is 0.817. The maximum absolute atomic E-state index is 11.8. The lowest BCUT2D eigenvalue weighted by Crippen LogP contribution is -2.26. The molecule has 0 atom stereocenters. The van der Waals surface area contributed by atoms with E-state index in [1.54, 1.807) is 24.1 Å². The molecule has 0 fully saturated rings. The van der Waals surface area contributed by atoms with Crippen LogP contribution in [0, 0.1) is 0 Å². The summed E-state index contributed by atoms with van der Waals surface area (Å²) >= 11 is 11.8. The van der Waals surface area contributed by atoms with Gasteiger partial charge in [-0.2, -0.15) is 0 Å². The third kappa shape index (κ3) is 4.84. The summed E-state index contributed by atoms with van der Waals surface area (Å²) in [4.78, 5) is 13.5. The predicted molar refractivity (Wildman–Crippen MR) is 76.1 cm³/mol. The minimum absolute atomic E-state index is 0.135. The Morgan fingerprint density at radius 2 is 2.06 bits per heavy atom. The van der Waals surface area contributed by atoms with E-state index in [9.17, 15) is 4.79 Å². The number of amides is 1. The first-order chi connectivity index (χ1) is 8.54. The van der Waals surface area contributed by atoms with Gasteiger partial charge in [-0.1, -0.05) is 29.3 Å². The molecule has 18 heavy (non-hydrogen) atoms. The molecule has 0 aliphatic heterocycles. The molecule has 1 aromatic rings. The number of carbonyl (C=O) groups is 1. The fraction of sp³-hybridized carbons (Fsp3) is 0.462. The van der Waals surface area contributed by atoms with Gasteiger partial charge >= 0.3 is 0 Å². The van der Waals surface area contributed by atoms with Crippen molar-refractivity contribution >= 4 is 29.1 Å². The highest BCUT2D eigenvalue weighted by Crippen LogP contribution is 2.23. The summed E-state index contributed by atoms with van der Waals surface area (Å²) in [5, 5.41) is 4.07. The maximum Gasteiger partial charge on any atom is 0.222 e. The van der Waals surface area contributed by atoms with Crippen molar-refractivity contribution in [3.8, 4) is 0 Å². The van der Waals surface area contributed by atoms with Crippen LogP contribution in [0.25, 0.3) is 0 Å². The van der Waals surface area contributed by atoms with Crippen LogP contribution in [-0.2, 0) is 11.3 Å². The van der Waals surface area contributed by atoms with Crippen LogP contribution >= 0.6 is 23.2 Å². The highest BCUT2D eigenvalue weighted by atomic mass is 35.5. The van der Waals surface area contributed by atoms with Gasteiger partial charge in [-0.05, 0) is 37.7 Å². The molecule has 5 heteroatoms. The Bertz CT molecular complexity index is 410. The number of hydrogen-bond acceptors (Lipinski definition) is 2. The molecular weight excluding hydrogens is 271 g/mol. The summed E-state index contributed by atoms with van der Waals surface area (Å²) in [6, 6.07) is 5.42. The van der Waals surface area contributed by atoms with Crippen LogP contribution in [0.1, 0.15) is 18.4 Å². The highest BCUT2D eigenvalue weighted by molar-refractivity contribution is 6.42. The van der Waals surface area contributed by atoms with Crippen molar-refractivity contribution in [2.24, 2.45) is 0 Å². The number of halogens is 2. The molecule has 100 valence electrons. The molecule has 1 aromatic carbocycles. The van der Waals surface area contributed by atoms with Crippen LogP contribution in [0.3, 0.4) is 0 Å². The van der Waals surface area contributed by atoms with Gasteiger partial charge in [-0.3, -0.25) is 4.79 Å². The SMILES string of the molecule is CNCCCC(=O)N(C)Cc1ccc(Cl)c(Cl)c1. The van der Waals surface area contributed by atoms with Crippen LogP contribution < -0.4 is 5.32 Å². The number of hydrogen-bond donors (Lipinski definition) is 1. The first-order valence-corrected chi connectivity index (χ1v) is 6.62. The van der Waals surface area contributed by atoms with Crippen molar-refractivity contribution in [3.63, 3.8) is 0 Å². The van der Waals surface area contributed by atoms with Crippen LogP contribution in [0.4, 0.5) is 0 Å². The van der Waals surface area contributed by atoms with Crippen molar-refractivity contribution in [2.75, 3.05) is 20.6 Å². The average molecular weight is 289 g/mol. The van der Waals surface area contributed by atoms with E-state index in [4.69, 9.17) is 23.2 Å². The molecule has 0 unspecified atom stereocenters. The van der Waals surface area contributed by atoms with Crippen molar-refractivity contribution in [1.82, 2.24) is 10.2 Å². The van der Waals surface area contributed by atoms with E-state index in [0.717, 1.165) is 18.5 Å². The minimum atomic E-state index is 0.135. The first-order valence-electron chi connectivity index (χ1n) is 5.87. The number of carbonyl (C=O) groups excluding carboxylic acids is 1. The number of nitrogens with zero attached hydrogens (tertiary/aromatic N) is 1. The molecule has 3 nitrogen and oxygen atoms in total. The van der Waals surface area contributed by atoms with Crippen molar-refractivity contribution in [2.45, 2.75) is 19.4 Å². The van der Waals surface area contributed by atoms with Gasteiger partial charge in [0.05, 0.1) is 10.0 Å². The third-order valence-corrected chi connectivity index (χ3v) is 3.39. The van der Waals surface area contributed by atoms with E-state index >= 15 is 0 Å². The number of nitrogens with one attached hydrogen (secondary N) is 1. The maximum atomic E-state index is 11.8. The molecule has 0 spiro atoms. The highest BCUT2D eigenvalue weighted by Gasteiger charge is 2.09. The van der Waals surface area contributed by atoms with Crippen molar-refractivity contribution in [1.29, 1.82) is 0 Å². The average Bonchev–Trinajstić information content (AvgIpc) is 2.34. The zero-order valence-corrected chi connectivity index (χ0v) is 12.2. The molecule has 0 saturated heterocycles.